The number of anilines is 1. The highest BCUT2D eigenvalue weighted by atomic mass is 127. The second kappa shape index (κ2) is 5.68. The summed E-state index contributed by atoms with van der Waals surface area (Å²) in [5.41, 5.74) is 8.94. The summed E-state index contributed by atoms with van der Waals surface area (Å²) >= 11 is 5.80. The predicted octanol–water partition coefficient (Wildman–Crippen LogP) is 4.78. The van der Waals surface area contributed by atoms with Gasteiger partial charge in [0.05, 0.1) is 10.2 Å². The standard InChI is InChI=1S/C14H11IN2S2/c15-10-3-1-9(2-4-10)8-18-14-17-12-6-5-11(16)7-13(12)19-14/h1-7H,8,16H2. The normalized spacial score (nSPS) is 11.0. The maximum absolute atomic E-state index is 5.78. The van der Waals surface area contributed by atoms with Crippen LogP contribution in [-0.2, 0) is 5.75 Å². The topological polar surface area (TPSA) is 38.9 Å². The van der Waals surface area contributed by atoms with Crippen molar-refractivity contribution in [3.05, 3.63) is 51.6 Å². The van der Waals surface area contributed by atoms with Gasteiger partial charge in [-0.1, -0.05) is 23.9 Å². The van der Waals surface area contributed by atoms with Crippen LogP contribution in [0.3, 0.4) is 0 Å². The van der Waals surface area contributed by atoms with Crippen LogP contribution in [-0.4, -0.2) is 4.98 Å². The van der Waals surface area contributed by atoms with Gasteiger partial charge in [-0.15, -0.1) is 11.3 Å². The van der Waals surface area contributed by atoms with Gasteiger partial charge in [-0.2, -0.15) is 0 Å². The highest BCUT2D eigenvalue weighted by Gasteiger charge is 2.05. The van der Waals surface area contributed by atoms with Gasteiger partial charge in [-0.25, -0.2) is 4.98 Å². The molecule has 3 rings (SSSR count). The van der Waals surface area contributed by atoms with Crippen LogP contribution in [0.4, 0.5) is 5.69 Å². The summed E-state index contributed by atoms with van der Waals surface area (Å²) in [5.74, 6) is 0.951. The molecule has 0 aliphatic rings. The molecular weight excluding hydrogens is 387 g/mol. The van der Waals surface area contributed by atoms with Gasteiger partial charge >= 0.3 is 0 Å². The third kappa shape index (κ3) is 3.21. The van der Waals surface area contributed by atoms with E-state index in [1.807, 2.05) is 18.2 Å². The van der Waals surface area contributed by atoms with E-state index in [9.17, 15) is 0 Å². The molecule has 96 valence electrons. The third-order valence-electron chi connectivity index (χ3n) is 2.67. The van der Waals surface area contributed by atoms with E-state index in [1.54, 1.807) is 23.1 Å². The van der Waals surface area contributed by atoms with Gasteiger partial charge in [0.1, 0.15) is 0 Å². The van der Waals surface area contributed by atoms with Crippen LogP contribution < -0.4 is 5.73 Å². The van der Waals surface area contributed by atoms with E-state index >= 15 is 0 Å². The van der Waals surface area contributed by atoms with E-state index < -0.39 is 0 Å². The van der Waals surface area contributed by atoms with E-state index in [0.717, 1.165) is 26.0 Å². The molecular formula is C14H11IN2S2. The molecule has 0 fully saturated rings. The fourth-order valence-corrected chi connectivity index (χ4v) is 4.14. The summed E-state index contributed by atoms with van der Waals surface area (Å²) in [7, 11) is 0. The Morgan fingerprint density at radius 1 is 1.16 bits per heavy atom. The van der Waals surface area contributed by atoms with Crippen molar-refractivity contribution in [1.82, 2.24) is 4.98 Å². The number of hydrogen-bond acceptors (Lipinski definition) is 4. The molecule has 2 nitrogen and oxygen atoms in total. The van der Waals surface area contributed by atoms with Gasteiger partial charge in [0.2, 0.25) is 0 Å². The largest absolute Gasteiger partial charge is 0.399 e. The molecule has 3 aromatic rings. The van der Waals surface area contributed by atoms with Crippen LogP contribution in [0.2, 0.25) is 0 Å². The van der Waals surface area contributed by atoms with Crippen LogP contribution >= 0.6 is 45.7 Å². The quantitative estimate of drug-likeness (QED) is 0.392. The highest BCUT2D eigenvalue weighted by Crippen LogP contribution is 2.32. The number of fused-ring (bicyclic) bond motifs is 1. The van der Waals surface area contributed by atoms with Crippen molar-refractivity contribution in [3.8, 4) is 0 Å². The second-order valence-electron chi connectivity index (χ2n) is 4.12. The van der Waals surface area contributed by atoms with Crippen LogP contribution in [0.15, 0.2) is 46.8 Å². The molecule has 0 saturated heterocycles. The summed E-state index contributed by atoms with van der Waals surface area (Å²) in [6.45, 7) is 0. The van der Waals surface area contributed by atoms with Crippen LogP contribution in [0.25, 0.3) is 10.2 Å². The predicted molar refractivity (Wildman–Crippen MR) is 92.8 cm³/mol. The van der Waals surface area contributed by atoms with Crippen molar-refractivity contribution in [2.75, 3.05) is 5.73 Å². The first-order chi connectivity index (χ1) is 9.20. The van der Waals surface area contributed by atoms with Crippen LogP contribution in [0.1, 0.15) is 5.56 Å². The number of nitrogen functional groups attached to an aromatic ring is 1. The Hall–Kier alpha value is -0.790. The molecule has 1 heterocycles. The minimum absolute atomic E-state index is 0.797. The number of benzene rings is 2. The van der Waals surface area contributed by atoms with Crippen molar-refractivity contribution >= 4 is 61.6 Å². The monoisotopic (exact) mass is 398 g/mol. The Bertz CT molecular complexity index is 707. The molecule has 0 bridgehead atoms. The summed E-state index contributed by atoms with van der Waals surface area (Å²) in [5, 5.41) is 0. The lowest BCUT2D eigenvalue weighted by molar-refractivity contribution is 1.29. The maximum atomic E-state index is 5.78. The van der Waals surface area contributed by atoms with Crippen molar-refractivity contribution < 1.29 is 0 Å². The summed E-state index contributed by atoms with van der Waals surface area (Å²) in [6.07, 6.45) is 0. The first-order valence-electron chi connectivity index (χ1n) is 5.74. The molecule has 0 atom stereocenters. The number of aromatic nitrogens is 1. The second-order valence-corrected chi connectivity index (χ2v) is 7.62. The summed E-state index contributed by atoms with van der Waals surface area (Å²) in [4.78, 5) is 4.61. The van der Waals surface area contributed by atoms with Gasteiger partial charge in [0.15, 0.2) is 4.34 Å². The molecule has 0 aliphatic heterocycles. The Morgan fingerprint density at radius 2 is 1.95 bits per heavy atom. The fourth-order valence-electron chi connectivity index (χ4n) is 1.71. The Kier molecular flexibility index (Phi) is 3.95. The average Bonchev–Trinajstić information content (AvgIpc) is 2.80. The SMILES string of the molecule is Nc1ccc2nc(SCc3ccc(I)cc3)sc2c1. The molecule has 2 aromatic carbocycles. The molecule has 5 heteroatoms. The van der Waals surface area contributed by atoms with Crippen molar-refractivity contribution in [1.29, 1.82) is 0 Å². The number of hydrogen-bond donors (Lipinski definition) is 1. The zero-order chi connectivity index (χ0) is 13.2. The first-order valence-corrected chi connectivity index (χ1v) is 8.62. The van der Waals surface area contributed by atoms with Gasteiger partial charge in [-0.05, 0) is 58.5 Å². The average molecular weight is 398 g/mol. The lowest BCUT2D eigenvalue weighted by Gasteiger charge is -1.98. The number of thiazole rings is 1. The smallest absolute Gasteiger partial charge is 0.151 e. The third-order valence-corrected chi connectivity index (χ3v) is 5.62. The molecule has 0 spiro atoms. The molecule has 1 aromatic heterocycles. The Balaban J connectivity index is 1.76. The molecule has 0 aliphatic carbocycles. The molecule has 0 amide bonds. The van der Waals surface area contributed by atoms with Gasteiger partial charge in [0.25, 0.3) is 0 Å². The van der Waals surface area contributed by atoms with E-state index in [1.165, 1.54) is 9.13 Å². The van der Waals surface area contributed by atoms with Gasteiger partial charge in [-0.3, -0.25) is 0 Å². The number of nitrogens with two attached hydrogens (primary N) is 1. The highest BCUT2D eigenvalue weighted by molar-refractivity contribution is 14.1. The Morgan fingerprint density at radius 3 is 2.74 bits per heavy atom. The number of halogens is 1. The van der Waals surface area contributed by atoms with Gasteiger partial charge in [0, 0.05) is 15.0 Å². The van der Waals surface area contributed by atoms with Crippen molar-refractivity contribution in [3.63, 3.8) is 0 Å². The molecule has 0 saturated carbocycles. The van der Waals surface area contributed by atoms with Crippen molar-refractivity contribution in [2.24, 2.45) is 0 Å². The van der Waals surface area contributed by atoms with E-state index in [4.69, 9.17) is 5.73 Å². The Labute approximate surface area is 133 Å². The number of nitrogens with zero attached hydrogens (tertiary/aromatic N) is 1. The van der Waals surface area contributed by atoms with E-state index in [2.05, 4.69) is 51.8 Å². The molecule has 0 unspecified atom stereocenters. The van der Waals surface area contributed by atoms with E-state index in [0.29, 0.717) is 0 Å². The van der Waals surface area contributed by atoms with E-state index in [-0.39, 0.29) is 0 Å². The number of thioether (sulfide) groups is 1. The first kappa shape index (κ1) is 13.2. The molecule has 2 N–H and O–H groups in total. The molecule has 0 radical (unpaired) electrons. The number of rotatable bonds is 3. The zero-order valence-electron chi connectivity index (χ0n) is 9.97. The molecule has 19 heavy (non-hydrogen) atoms. The van der Waals surface area contributed by atoms with Crippen LogP contribution in [0, 0.1) is 3.57 Å². The maximum Gasteiger partial charge on any atom is 0.151 e. The fraction of sp³-hybridized carbons (Fsp3) is 0.0714. The lowest BCUT2D eigenvalue weighted by atomic mass is 10.2. The summed E-state index contributed by atoms with van der Waals surface area (Å²) < 4.78 is 3.52. The van der Waals surface area contributed by atoms with Crippen molar-refractivity contribution in [2.45, 2.75) is 10.1 Å². The van der Waals surface area contributed by atoms with Gasteiger partial charge < -0.3 is 5.73 Å². The zero-order valence-corrected chi connectivity index (χ0v) is 13.8. The lowest BCUT2D eigenvalue weighted by Crippen LogP contribution is -1.81. The van der Waals surface area contributed by atoms with Crippen LogP contribution in [0.5, 0.6) is 0 Å². The summed E-state index contributed by atoms with van der Waals surface area (Å²) in [6, 6.07) is 14.5. The minimum atomic E-state index is 0.797. The minimum Gasteiger partial charge on any atom is -0.399 e.